The molecule has 7 nitrogen and oxygen atoms in total. The van der Waals surface area contributed by atoms with Gasteiger partial charge in [-0.1, -0.05) is 42.6 Å². The lowest BCUT2D eigenvalue weighted by molar-refractivity contribution is 0.0975. The van der Waals surface area contributed by atoms with Gasteiger partial charge in [0.25, 0.3) is 5.56 Å². The number of aromatic nitrogens is 4. The molecular weight excluding hydrogens is 365 g/mol. The van der Waals surface area contributed by atoms with Crippen molar-refractivity contribution in [3.8, 4) is 0 Å². The Kier molecular flexibility index (Phi) is 5.27. The molecule has 0 bridgehead atoms. The fourth-order valence-electron chi connectivity index (χ4n) is 2.49. The van der Waals surface area contributed by atoms with Crippen molar-refractivity contribution in [3.05, 3.63) is 50.5 Å². The van der Waals surface area contributed by atoms with Crippen LogP contribution in [0.15, 0.2) is 29.3 Å². The molecule has 0 radical (unpaired) electrons. The number of imidazole rings is 1. The molecule has 2 aromatic heterocycles. The van der Waals surface area contributed by atoms with E-state index in [1.54, 1.807) is 12.1 Å². The highest BCUT2D eigenvalue weighted by Crippen LogP contribution is 2.23. The molecule has 1 unspecified atom stereocenters. The van der Waals surface area contributed by atoms with Gasteiger partial charge in [0, 0.05) is 6.54 Å². The molecule has 0 aliphatic heterocycles. The number of anilines is 1. The van der Waals surface area contributed by atoms with Gasteiger partial charge in [0.05, 0.1) is 16.4 Å². The standard InChI is InChI=1S/C16H17Cl2N5O2/c1-2-3-12(24)23-8-20-14-13(23)15(25)22-16(21-14)19-7-9-4-5-10(17)11(18)6-9/h4-6,8,12,24H,2-3,7H2,1H3,(H2,19,21,22,25). The molecule has 3 rings (SSSR count). The molecule has 25 heavy (non-hydrogen) atoms. The smallest absolute Gasteiger partial charge is 0.278 e. The summed E-state index contributed by atoms with van der Waals surface area (Å²) in [5, 5.41) is 14.1. The van der Waals surface area contributed by atoms with Gasteiger partial charge >= 0.3 is 0 Å². The molecule has 3 aromatic rings. The molecule has 1 atom stereocenters. The fraction of sp³-hybridized carbons (Fsp3) is 0.312. The van der Waals surface area contributed by atoms with E-state index in [0.29, 0.717) is 29.0 Å². The van der Waals surface area contributed by atoms with Crippen LogP contribution < -0.4 is 10.9 Å². The minimum absolute atomic E-state index is 0.251. The topological polar surface area (TPSA) is 95.8 Å². The van der Waals surface area contributed by atoms with Crippen LogP contribution in [-0.2, 0) is 6.54 Å². The summed E-state index contributed by atoms with van der Waals surface area (Å²) in [5.41, 5.74) is 1.05. The predicted molar refractivity (Wildman–Crippen MR) is 98.1 cm³/mol. The molecule has 0 saturated heterocycles. The summed E-state index contributed by atoms with van der Waals surface area (Å²) in [6.07, 6.45) is 1.95. The summed E-state index contributed by atoms with van der Waals surface area (Å²) in [6, 6.07) is 5.27. The monoisotopic (exact) mass is 381 g/mol. The van der Waals surface area contributed by atoms with E-state index in [-0.39, 0.29) is 16.7 Å². The van der Waals surface area contributed by atoms with Gasteiger partial charge in [-0.3, -0.25) is 14.3 Å². The Morgan fingerprint density at radius 3 is 2.88 bits per heavy atom. The van der Waals surface area contributed by atoms with E-state index in [0.717, 1.165) is 12.0 Å². The summed E-state index contributed by atoms with van der Waals surface area (Å²) in [4.78, 5) is 23.4. The largest absolute Gasteiger partial charge is 0.373 e. The Bertz CT molecular complexity index is 953. The van der Waals surface area contributed by atoms with Crippen LogP contribution in [0.4, 0.5) is 5.95 Å². The van der Waals surface area contributed by atoms with Crippen molar-refractivity contribution in [2.45, 2.75) is 32.5 Å². The van der Waals surface area contributed by atoms with Gasteiger partial charge in [-0.05, 0) is 24.1 Å². The Balaban J connectivity index is 1.84. The number of H-pyrrole nitrogens is 1. The summed E-state index contributed by atoms with van der Waals surface area (Å²) in [6.45, 7) is 2.36. The minimum atomic E-state index is -0.798. The molecule has 3 N–H and O–H groups in total. The molecule has 132 valence electrons. The highest BCUT2D eigenvalue weighted by atomic mass is 35.5. The summed E-state index contributed by atoms with van der Waals surface area (Å²) in [5.74, 6) is 0.291. The quantitative estimate of drug-likeness (QED) is 0.608. The normalized spacial score (nSPS) is 12.5. The number of hydrogen-bond acceptors (Lipinski definition) is 5. The lowest BCUT2D eigenvalue weighted by atomic mass is 10.2. The van der Waals surface area contributed by atoms with Crippen molar-refractivity contribution < 1.29 is 5.11 Å². The fourth-order valence-corrected chi connectivity index (χ4v) is 2.82. The van der Waals surface area contributed by atoms with Gasteiger partial charge in [0.2, 0.25) is 5.95 Å². The van der Waals surface area contributed by atoms with Gasteiger partial charge in [0.15, 0.2) is 11.2 Å². The molecule has 9 heteroatoms. The number of benzene rings is 1. The van der Waals surface area contributed by atoms with E-state index in [9.17, 15) is 9.90 Å². The third kappa shape index (κ3) is 3.78. The maximum absolute atomic E-state index is 12.4. The summed E-state index contributed by atoms with van der Waals surface area (Å²) < 4.78 is 1.44. The van der Waals surface area contributed by atoms with Crippen LogP contribution in [0.3, 0.4) is 0 Å². The zero-order valence-corrected chi connectivity index (χ0v) is 15.0. The molecule has 0 fully saturated rings. The number of aliphatic hydroxyl groups excluding tert-OH is 1. The van der Waals surface area contributed by atoms with Crippen LogP contribution in [0, 0.1) is 0 Å². The third-order valence-electron chi connectivity index (χ3n) is 3.75. The van der Waals surface area contributed by atoms with Gasteiger partial charge in [-0.25, -0.2) is 4.98 Å². The number of nitrogens with zero attached hydrogens (tertiary/aromatic N) is 3. The first-order valence-electron chi connectivity index (χ1n) is 7.82. The summed E-state index contributed by atoms with van der Waals surface area (Å²) in [7, 11) is 0. The van der Waals surface area contributed by atoms with Gasteiger partial charge in [-0.2, -0.15) is 4.98 Å². The predicted octanol–water partition coefficient (Wildman–Crippen LogP) is 3.33. The molecule has 2 heterocycles. The number of halogens is 2. The van der Waals surface area contributed by atoms with Crippen molar-refractivity contribution in [2.24, 2.45) is 0 Å². The van der Waals surface area contributed by atoms with Crippen molar-refractivity contribution in [1.29, 1.82) is 0 Å². The maximum atomic E-state index is 12.4. The minimum Gasteiger partial charge on any atom is -0.373 e. The van der Waals surface area contributed by atoms with Crippen LogP contribution in [-0.4, -0.2) is 24.6 Å². The van der Waals surface area contributed by atoms with E-state index in [1.807, 2.05) is 13.0 Å². The highest BCUT2D eigenvalue weighted by molar-refractivity contribution is 6.42. The number of fused-ring (bicyclic) bond motifs is 1. The van der Waals surface area contributed by atoms with E-state index < -0.39 is 6.23 Å². The van der Waals surface area contributed by atoms with E-state index in [4.69, 9.17) is 23.2 Å². The first-order valence-corrected chi connectivity index (χ1v) is 8.58. The number of nitrogens with one attached hydrogen (secondary N) is 2. The van der Waals surface area contributed by atoms with Crippen LogP contribution >= 0.6 is 23.2 Å². The van der Waals surface area contributed by atoms with Crippen molar-refractivity contribution in [2.75, 3.05) is 5.32 Å². The van der Waals surface area contributed by atoms with Crippen LogP contribution in [0.5, 0.6) is 0 Å². The van der Waals surface area contributed by atoms with E-state index >= 15 is 0 Å². The second-order valence-corrected chi connectivity index (χ2v) is 6.42. The number of hydrogen-bond donors (Lipinski definition) is 3. The van der Waals surface area contributed by atoms with Crippen molar-refractivity contribution in [3.63, 3.8) is 0 Å². The molecule has 1 aromatic carbocycles. The molecule has 0 aliphatic rings. The van der Waals surface area contributed by atoms with Gasteiger partial charge in [0.1, 0.15) is 6.23 Å². The highest BCUT2D eigenvalue weighted by Gasteiger charge is 2.15. The Morgan fingerprint density at radius 1 is 1.36 bits per heavy atom. The average Bonchev–Trinajstić information content (AvgIpc) is 3.01. The lowest BCUT2D eigenvalue weighted by Crippen LogP contribution is -2.17. The second kappa shape index (κ2) is 7.43. The van der Waals surface area contributed by atoms with Crippen LogP contribution in [0.2, 0.25) is 10.0 Å². The first-order chi connectivity index (χ1) is 12.0. The maximum Gasteiger partial charge on any atom is 0.278 e. The Morgan fingerprint density at radius 2 is 2.16 bits per heavy atom. The Hall–Kier alpha value is -2.09. The van der Waals surface area contributed by atoms with Crippen LogP contribution in [0.25, 0.3) is 11.2 Å². The number of aromatic amines is 1. The lowest BCUT2D eigenvalue weighted by Gasteiger charge is -2.11. The van der Waals surface area contributed by atoms with E-state index in [1.165, 1.54) is 10.9 Å². The average molecular weight is 382 g/mol. The molecule has 0 saturated carbocycles. The third-order valence-corrected chi connectivity index (χ3v) is 4.49. The molecular formula is C16H17Cl2N5O2. The molecule has 0 amide bonds. The Labute approximate surface area is 153 Å². The zero-order chi connectivity index (χ0) is 18.0. The van der Waals surface area contributed by atoms with Crippen LogP contribution in [0.1, 0.15) is 31.6 Å². The van der Waals surface area contributed by atoms with Crippen molar-refractivity contribution in [1.82, 2.24) is 19.5 Å². The number of rotatable bonds is 6. The molecule has 0 aliphatic carbocycles. The molecule has 0 spiro atoms. The van der Waals surface area contributed by atoms with Crippen molar-refractivity contribution >= 4 is 40.3 Å². The number of aliphatic hydroxyl groups is 1. The van der Waals surface area contributed by atoms with E-state index in [2.05, 4.69) is 20.3 Å². The second-order valence-electron chi connectivity index (χ2n) is 5.61. The summed E-state index contributed by atoms with van der Waals surface area (Å²) >= 11 is 11.9. The SMILES string of the molecule is CCCC(O)n1cnc2nc(NCc3ccc(Cl)c(Cl)c3)[nH]c(=O)c21. The van der Waals surface area contributed by atoms with Gasteiger partial charge < -0.3 is 10.4 Å². The van der Waals surface area contributed by atoms with Gasteiger partial charge in [-0.15, -0.1) is 0 Å². The first kappa shape index (κ1) is 17.7. The zero-order valence-electron chi connectivity index (χ0n) is 13.5.